The van der Waals surface area contributed by atoms with E-state index in [1.165, 1.54) is 16.3 Å². The van der Waals surface area contributed by atoms with E-state index in [0.29, 0.717) is 0 Å². The lowest BCUT2D eigenvalue weighted by atomic mass is 9.85. The van der Waals surface area contributed by atoms with E-state index in [9.17, 15) is 0 Å². The van der Waals surface area contributed by atoms with Gasteiger partial charge in [0, 0.05) is 53.1 Å². The van der Waals surface area contributed by atoms with Gasteiger partial charge < -0.3 is 5.32 Å². The molecule has 0 aliphatic heterocycles. The lowest BCUT2D eigenvalue weighted by Crippen LogP contribution is -2.22. The number of benzene rings is 3. The zero-order valence-electron chi connectivity index (χ0n) is 18.7. The highest BCUT2D eigenvalue weighted by Gasteiger charge is 2.22. The highest BCUT2D eigenvalue weighted by Crippen LogP contribution is 2.29. The van der Waals surface area contributed by atoms with Crippen LogP contribution < -0.4 is 5.32 Å². The van der Waals surface area contributed by atoms with Crippen LogP contribution in [0.4, 0.5) is 5.69 Å². The van der Waals surface area contributed by atoms with Crippen molar-refractivity contribution in [2.75, 3.05) is 12.4 Å². The van der Waals surface area contributed by atoms with E-state index in [1.54, 1.807) is 0 Å². The largest absolute Gasteiger partial charge is 0.380 e. The second-order valence-electron chi connectivity index (χ2n) is 8.80. The van der Waals surface area contributed by atoms with Gasteiger partial charge in [0.1, 0.15) is 0 Å². The number of hydrogen-bond acceptors (Lipinski definition) is 3. The monoisotopic (exact) mass is 407 g/mol. The Bertz CT molecular complexity index is 1230. The molecule has 156 valence electrons. The summed E-state index contributed by atoms with van der Waals surface area (Å²) in [6.45, 7) is 7.34. The molecule has 3 nitrogen and oxygen atoms in total. The Morgan fingerprint density at radius 3 is 2.48 bits per heavy atom. The number of nitrogens with one attached hydrogen (secondary N) is 1. The number of anilines is 1. The maximum Gasteiger partial charge on any atom is 0.0780 e. The molecule has 4 aromatic rings. The summed E-state index contributed by atoms with van der Waals surface area (Å²) in [5.74, 6) is 0. The molecule has 0 saturated carbocycles. The van der Waals surface area contributed by atoms with Crippen molar-refractivity contribution in [2.45, 2.75) is 27.3 Å². The maximum atomic E-state index is 4.68. The zero-order valence-corrected chi connectivity index (χ0v) is 18.7. The van der Waals surface area contributed by atoms with Crippen molar-refractivity contribution in [1.29, 1.82) is 0 Å². The van der Waals surface area contributed by atoms with Crippen LogP contribution in [0.1, 0.15) is 31.9 Å². The van der Waals surface area contributed by atoms with Crippen molar-refractivity contribution < 1.29 is 0 Å². The molecule has 0 bridgehead atoms. The first kappa shape index (κ1) is 20.8. The Labute approximate surface area is 184 Å². The van der Waals surface area contributed by atoms with Gasteiger partial charge in [0.2, 0.25) is 0 Å². The molecule has 4 rings (SSSR count). The van der Waals surface area contributed by atoms with E-state index in [2.05, 4.69) is 115 Å². The van der Waals surface area contributed by atoms with Crippen LogP contribution in [0.25, 0.3) is 22.0 Å². The Morgan fingerprint density at radius 1 is 0.903 bits per heavy atom. The van der Waals surface area contributed by atoms with Crippen molar-refractivity contribution in [3.8, 4) is 11.3 Å². The fourth-order valence-electron chi connectivity index (χ4n) is 4.08. The summed E-state index contributed by atoms with van der Waals surface area (Å²) in [7, 11) is 1.87. The number of para-hydroxylation sites is 1. The minimum Gasteiger partial charge on any atom is -0.380 e. The van der Waals surface area contributed by atoms with E-state index >= 15 is 0 Å². The van der Waals surface area contributed by atoms with Crippen molar-refractivity contribution in [3.05, 3.63) is 96.2 Å². The van der Waals surface area contributed by atoms with E-state index in [0.717, 1.165) is 34.8 Å². The molecule has 0 saturated heterocycles. The van der Waals surface area contributed by atoms with Gasteiger partial charge in [-0.2, -0.15) is 0 Å². The first-order valence-corrected chi connectivity index (χ1v) is 10.7. The first-order chi connectivity index (χ1) is 15.0. The zero-order chi connectivity index (χ0) is 21.8. The van der Waals surface area contributed by atoms with Gasteiger partial charge >= 0.3 is 0 Å². The molecule has 3 heteroatoms. The standard InChI is InChI=1S/C28H29N3/c1-28(2,3)27(29-4)24-14-7-8-15-25(24)31-19-20-10-9-12-22(18-20)26-23-13-6-5-11-21(23)16-17-30-26/h5-18,31H,19H2,1-4H3. The highest BCUT2D eigenvalue weighted by atomic mass is 14.9. The predicted octanol–water partition coefficient (Wildman–Crippen LogP) is 6.98. The van der Waals surface area contributed by atoms with Gasteiger partial charge in [-0.05, 0) is 29.1 Å². The molecule has 0 radical (unpaired) electrons. The van der Waals surface area contributed by atoms with Crippen LogP contribution in [-0.2, 0) is 6.54 Å². The fourth-order valence-corrected chi connectivity index (χ4v) is 4.08. The Morgan fingerprint density at radius 2 is 1.68 bits per heavy atom. The minimum absolute atomic E-state index is 0.0213. The maximum absolute atomic E-state index is 4.68. The quantitative estimate of drug-likeness (QED) is 0.362. The molecule has 0 unspecified atom stereocenters. The molecule has 0 aliphatic carbocycles. The smallest absolute Gasteiger partial charge is 0.0780 e. The molecule has 0 amide bonds. The molecule has 31 heavy (non-hydrogen) atoms. The average molecular weight is 408 g/mol. The van der Waals surface area contributed by atoms with E-state index in [4.69, 9.17) is 0 Å². The van der Waals surface area contributed by atoms with E-state index in [1.807, 2.05) is 13.2 Å². The Balaban J connectivity index is 1.62. The summed E-state index contributed by atoms with van der Waals surface area (Å²) in [5.41, 5.74) is 6.71. The molecule has 3 aromatic carbocycles. The Kier molecular flexibility index (Phi) is 5.85. The normalized spacial score (nSPS) is 12.2. The number of rotatable bonds is 5. The van der Waals surface area contributed by atoms with Gasteiger partial charge in [0.05, 0.1) is 5.69 Å². The SMILES string of the molecule is CN=C(c1ccccc1NCc1cccc(-c2nccc3ccccc23)c1)C(C)(C)C. The van der Waals surface area contributed by atoms with Gasteiger partial charge in [-0.15, -0.1) is 0 Å². The van der Waals surface area contributed by atoms with Gasteiger partial charge in [-0.1, -0.05) is 81.4 Å². The van der Waals surface area contributed by atoms with Crippen LogP contribution >= 0.6 is 0 Å². The van der Waals surface area contributed by atoms with Crippen molar-refractivity contribution in [2.24, 2.45) is 10.4 Å². The van der Waals surface area contributed by atoms with Crippen LogP contribution in [0.2, 0.25) is 0 Å². The van der Waals surface area contributed by atoms with Crippen LogP contribution in [0.15, 0.2) is 90.1 Å². The number of nitrogens with zero attached hydrogens (tertiary/aromatic N) is 2. The van der Waals surface area contributed by atoms with Crippen LogP contribution in [0.3, 0.4) is 0 Å². The molecular weight excluding hydrogens is 378 g/mol. The van der Waals surface area contributed by atoms with Gasteiger partial charge in [-0.25, -0.2) is 0 Å². The van der Waals surface area contributed by atoms with Gasteiger partial charge in [0.15, 0.2) is 0 Å². The number of fused-ring (bicyclic) bond motifs is 1. The summed E-state index contributed by atoms with van der Waals surface area (Å²) >= 11 is 0. The third kappa shape index (κ3) is 4.51. The van der Waals surface area contributed by atoms with Gasteiger partial charge in [0.25, 0.3) is 0 Å². The van der Waals surface area contributed by atoms with Gasteiger partial charge in [-0.3, -0.25) is 9.98 Å². The summed E-state index contributed by atoms with van der Waals surface area (Å²) < 4.78 is 0. The molecule has 0 aliphatic rings. The van der Waals surface area contributed by atoms with Crippen LogP contribution in [0.5, 0.6) is 0 Å². The van der Waals surface area contributed by atoms with Crippen molar-refractivity contribution in [1.82, 2.24) is 4.98 Å². The molecular formula is C28H29N3. The molecule has 0 atom stereocenters. The third-order valence-corrected chi connectivity index (χ3v) is 5.47. The number of aliphatic imine (C=N–C) groups is 1. The predicted molar refractivity (Wildman–Crippen MR) is 133 cm³/mol. The number of hydrogen-bond donors (Lipinski definition) is 1. The lowest BCUT2D eigenvalue weighted by molar-refractivity contribution is 0.591. The molecule has 1 heterocycles. The van der Waals surface area contributed by atoms with Crippen molar-refractivity contribution >= 4 is 22.2 Å². The number of aromatic nitrogens is 1. The molecule has 1 N–H and O–H groups in total. The first-order valence-electron chi connectivity index (χ1n) is 10.7. The van der Waals surface area contributed by atoms with Crippen molar-refractivity contribution in [3.63, 3.8) is 0 Å². The van der Waals surface area contributed by atoms with Crippen LogP contribution in [-0.4, -0.2) is 17.7 Å². The van der Waals surface area contributed by atoms with Crippen LogP contribution in [0, 0.1) is 5.41 Å². The second kappa shape index (κ2) is 8.73. The van der Waals surface area contributed by atoms with E-state index < -0.39 is 0 Å². The molecule has 0 fully saturated rings. The lowest BCUT2D eigenvalue weighted by Gasteiger charge is -2.24. The molecule has 1 aromatic heterocycles. The summed E-state index contributed by atoms with van der Waals surface area (Å²) in [6, 6.07) is 27.5. The molecule has 0 spiro atoms. The highest BCUT2D eigenvalue weighted by molar-refractivity contribution is 6.08. The third-order valence-electron chi connectivity index (χ3n) is 5.47. The topological polar surface area (TPSA) is 37.3 Å². The number of pyridine rings is 1. The summed E-state index contributed by atoms with van der Waals surface area (Å²) in [5, 5.41) is 6.01. The summed E-state index contributed by atoms with van der Waals surface area (Å²) in [6.07, 6.45) is 1.89. The second-order valence-corrected chi connectivity index (χ2v) is 8.80. The van der Waals surface area contributed by atoms with E-state index in [-0.39, 0.29) is 5.41 Å². The average Bonchev–Trinajstić information content (AvgIpc) is 2.78. The minimum atomic E-state index is -0.0213. The fraction of sp³-hybridized carbons (Fsp3) is 0.214. The Hall–Kier alpha value is -3.46. The summed E-state index contributed by atoms with van der Waals surface area (Å²) in [4.78, 5) is 9.27.